The van der Waals surface area contributed by atoms with Gasteiger partial charge in [0.1, 0.15) is 0 Å². The zero-order valence-electron chi connectivity index (χ0n) is 12.8. The number of likely N-dealkylation sites (N-methyl/N-ethyl adjacent to an activating group) is 1. The number of aromatic nitrogens is 2. The van der Waals surface area contributed by atoms with Crippen LogP contribution in [0, 0.1) is 0 Å². The quantitative estimate of drug-likeness (QED) is 0.692. The third kappa shape index (κ3) is 2.44. The van der Waals surface area contributed by atoms with Crippen LogP contribution in [-0.4, -0.2) is 16.6 Å². The average molecular weight is 293 g/mol. The SMILES string of the molecule is C=C1Cc2ccccc2N1C.Cn1c(=O)[nH]c2ccccc21. The van der Waals surface area contributed by atoms with Gasteiger partial charge in [-0.05, 0) is 23.8 Å². The summed E-state index contributed by atoms with van der Waals surface area (Å²) in [6.45, 7) is 3.98. The Kier molecular flexibility index (Phi) is 3.59. The molecule has 3 aromatic rings. The van der Waals surface area contributed by atoms with Crippen molar-refractivity contribution in [1.82, 2.24) is 9.55 Å². The topological polar surface area (TPSA) is 41.0 Å². The highest BCUT2D eigenvalue weighted by Gasteiger charge is 2.17. The van der Waals surface area contributed by atoms with E-state index in [9.17, 15) is 4.79 Å². The van der Waals surface area contributed by atoms with E-state index in [1.807, 2.05) is 24.3 Å². The van der Waals surface area contributed by atoms with E-state index in [2.05, 4.69) is 47.8 Å². The molecule has 0 fully saturated rings. The summed E-state index contributed by atoms with van der Waals surface area (Å²) in [7, 11) is 3.81. The van der Waals surface area contributed by atoms with Gasteiger partial charge in [-0.2, -0.15) is 0 Å². The number of hydrogen-bond acceptors (Lipinski definition) is 2. The third-order valence-electron chi connectivity index (χ3n) is 4.03. The molecule has 0 spiro atoms. The first-order valence-electron chi connectivity index (χ1n) is 7.21. The Morgan fingerprint density at radius 2 is 1.73 bits per heavy atom. The van der Waals surface area contributed by atoms with E-state index >= 15 is 0 Å². The van der Waals surface area contributed by atoms with Crippen molar-refractivity contribution in [2.24, 2.45) is 7.05 Å². The first-order valence-corrected chi connectivity index (χ1v) is 7.21. The molecular formula is C18H19N3O. The minimum Gasteiger partial charge on any atom is -0.348 e. The van der Waals surface area contributed by atoms with Crippen LogP contribution in [0.15, 0.2) is 65.6 Å². The van der Waals surface area contributed by atoms with Gasteiger partial charge in [0.15, 0.2) is 0 Å². The van der Waals surface area contributed by atoms with E-state index in [1.54, 1.807) is 11.6 Å². The second-order valence-electron chi connectivity index (χ2n) is 5.44. The summed E-state index contributed by atoms with van der Waals surface area (Å²) < 4.78 is 1.59. The van der Waals surface area contributed by atoms with Gasteiger partial charge in [0, 0.05) is 31.9 Å². The Hall–Kier alpha value is -2.75. The molecule has 2 aromatic carbocycles. The number of hydrogen-bond donors (Lipinski definition) is 1. The van der Waals surface area contributed by atoms with Crippen LogP contribution in [0.3, 0.4) is 0 Å². The molecule has 0 unspecified atom stereocenters. The van der Waals surface area contributed by atoms with Crippen molar-refractivity contribution in [3.63, 3.8) is 0 Å². The third-order valence-corrected chi connectivity index (χ3v) is 4.03. The summed E-state index contributed by atoms with van der Waals surface area (Å²) in [6.07, 6.45) is 1.01. The van der Waals surface area contributed by atoms with Crippen molar-refractivity contribution < 1.29 is 0 Å². The minimum absolute atomic E-state index is 0.0637. The number of fused-ring (bicyclic) bond motifs is 2. The number of nitrogens with one attached hydrogen (secondary N) is 1. The molecule has 0 amide bonds. The summed E-state index contributed by atoms with van der Waals surface area (Å²) in [4.78, 5) is 15.9. The lowest BCUT2D eigenvalue weighted by Crippen LogP contribution is -2.11. The molecule has 22 heavy (non-hydrogen) atoms. The van der Waals surface area contributed by atoms with Crippen LogP contribution in [-0.2, 0) is 13.5 Å². The lowest BCUT2D eigenvalue weighted by Gasteiger charge is -2.12. The van der Waals surface area contributed by atoms with Crippen LogP contribution in [0.5, 0.6) is 0 Å². The van der Waals surface area contributed by atoms with Gasteiger partial charge in [0.05, 0.1) is 11.0 Å². The van der Waals surface area contributed by atoms with E-state index in [4.69, 9.17) is 0 Å². The van der Waals surface area contributed by atoms with Gasteiger partial charge in [-0.15, -0.1) is 0 Å². The Morgan fingerprint density at radius 1 is 1.05 bits per heavy atom. The van der Waals surface area contributed by atoms with Crippen molar-refractivity contribution in [1.29, 1.82) is 0 Å². The number of para-hydroxylation sites is 3. The lowest BCUT2D eigenvalue weighted by atomic mass is 10.2. The second-order valence-corrected chi connectivity index (χ2v) is 5.44. The van der Waals surface area contributed by atoms with Gasteiger partial charge >= 0.3 is 5.69 Å². The number of benzene rings is 2. The maximum absolute atomic E-state index is 11.0. The Labute approximate surface area is 129 Å². The van der Waals surface area contributed by atoms with Gasteiger partial charge in [-0.3, -0.25) is 4.57 Å². The summed E-state index contributed by atoms with van der Waals surface area (Å²) >= 11 is 0. The van der Waals surface area contributed by atoms with Crippen LogP contribution >= 0.6 is 0 Å². The van der Waals surface area contributed by atoms with E-state index in [0.29, 0.717) is 0 Å². The van der Waals surface area contributed by atoms with Gasteiger partial charge in [0.2, 0.25) is 0 Å². The zero-order chi connectivity index (χ0) is 15.7. The largest absolute Gasteiger partial charge is 0.348 e. The smallest absolute Gasteiger partial charge is 0.326 e. The molecule has 1 aliphatic rings. The highest BCUT2D eigenvalue weighted by molar-refractivity contribution is 5.74. The molecule has 0 saturated heterocycles. The van der Waals surface area contributed by atoms with Crippen LogP contribution in [0.1, 0.15) is 5.56 Å². The normalized spacial score (nSPS) is 13.0. The minimum atomic E-state index is -0.0637. The van der Waals surface area contributed by atoms with Crippen LogP contribution in [0.25, 0.3) is 11.0 Å². The predicted molar refractivity (Wildman–Crippen MR) is 91.2 cm³/mol. The summed E-state index contributed by atoms with van der Waals surface area (Å²) in [5, 5.41) is 0. The molecule has 4 rings (SSSR count). The zero-order valence-corrected chi connectivity index (χ0v) is 12.8. The lowest BCUT2D eigenvalue weighted by molar-refractivity contribution is 0.891. The van der Waals surface area contributed by atoms with Crippen molar-refractivity contribution in [3.05, 3.63) is 76.9 Å². The molecule has 0 radical (unpaired) electrons. The highest BCUT2D eigenvalue weighted by Crippen LogP contribution is 2.31. The van der Waals surface area contributed by atoms with E-state index in [1.165, 1.54) is 16.9 Å². The maximum atomic E-state index is 11.0. The summed E-state index contributed by atoms with van der Waals surface area (Å²) in [6, 6.07) is 16.0. The first-order chi connectivity index (χ1) is 10.6. The van der Waals surface area contributed by atoms with Gasteiger partial charge < -0.3 is 9.88 Å². The highest BCUT2D eigenvalue weighted by atomic mass is 16.1. The number of allylic oxidation sites excluding steroid dienone is 1. The molecule has 1 aliphatic heterocycles. The average Bonchev–Trinajstić information content (AvgIpc) is 2.98. The number of aryl methyl sites for hydroxylation is 1. The number of H-pyrrole nitrogens is 1. The van der Waals surface area contributed by atoms with E-state index in [0.717, 1.165) is 17.5 Å². The Bertz CT molecular complexity index is 888. The monoisotopic (exact) mass is 293 g/mol. The van der Waals surface area contributed by atoms with Crippen LogP contribution in [0.2, 0.25) is 0 Å². The molecule has 0 bridgehead atoms. The fraction of sp³-hybridized carbons (Fsp3) is 0.167. The van der Waals surface area contributed by atoms with Crippen molar-refractivity contribution >= 4 is 16.7 Å². The van der Waals surface area contributed by atoms with Crippen LogP contribution in [0.4, 0.5) is 5.69 Å². The molecule has 0 aliphatic carbocycles. The molecule has 2 heterocycles. The van der Waals surface area contributed by atoms with Crippen molar-refractivity contribution in [2.75, 3.05) is 11.9 Å². The van der Waals surface area contributed by atoms with Gasteiger partial charge in [0.25, 0.3) is 0 Å². The summed E-state index contributed by atoms with van der Waals surface area (Å²) in [5.74, 6) is 0. The predicted octanol–water partition coefficient (Wildman–Crippen LogP) is 3.06. The molecule has 4 heteroatoms. The molecule has 1 aromatic heterocycles. The van der Waals surface area contributed by atoms with Crippen LogP contribution < -0.4 is 10.6 Å². The first kappa shape index (κ1) is 14.2. The number of rotatable bonds is 0. The van der Waals surface area contributed by atoms with Crippen molar-refractivity contribution in [2.45, 2.75) is 6.42 Å². The Balaban J connectivity index is 0.000000131. The molecule has 0 saturated carbocycles. The number of imidazole rings is 1. The fourth-order valence-electron chi connectivity index (χ4n) is 2.68. The molecule has 0 atom stereocenters. The maximum Gasteiger partial charge on any atom is 0.326 e. The fourth-order valence-corrected chi connectivity index (χ4v) is 2.68. The number of anilines is 1. The standard InChI is InChI=1S/C10H11N.C8H8N2O/c1-8-7-9-5-3-4-6-10(9)11(8)2;1-10-7-5-3-2-4-6(7)9-8(10)11/h3-6H,1,7H2,2H3;2-5H,1H3,(H,9,11). The van der Waals surface area contributed by atoms with Gasteiger partial charge in [-0.25, -0.2) is 4.79 Å². The second kappa shape index (κ2) is 5.56. The summed E-state index contributed by atoms with van der Waals surface area (Å²) in [5.41, 5.74) is 5.65. The molecule has 1 N–H and O–H groups in total. The van der Waals surface area contributed by atoms with Gasteiger partial charge in [-0.1, -0.05) is 36.9 Å². The molecule has 112 valence electrons. The molecule has 4 nitrogen and oxygen atoms in total. The van der Waals surface area contributed by atoms with Crippen molar-refractivity contribution in [3.8, 4) is 0 Å². The van der Waals surface area contributed by atoms with E-state index in [-0.39, 0.29) is 5.69 Å². The Morgan fingerprint density at radius 3 is 2.45 bits per heavy atom. The molecular weight excluding hydrogens is 274 g/mol. The number of aromatic amines is 1. The van der Waals surface area contributed by atoms with E-state index < -0.39 is 0 Å². The number of nitrogens with zero attached hydrogens (tertiary/aromatic N) is 2.